The first-order chi connectivity index (χ1) is 19.4. The van der Waals surface area contributed by atoms with Crippen molar-refractivity contribution in [3.05, 3.63) is 141 Å². The Labute approximate surface area is 237 Å². The van der Waals surface area contributed by atoms with Crippen molar-refractivity contribution in [2.45, 2.75) is 64.7 Å². The highest BCUT2D eigenvalue weighted by atomic mass is 19.1. The molecule has 4 aromatic rings. The van der Waals surface area contributed by atoms with Gasteiger partial charge in [-0.05, 0) is 85.0 Å². The third kappa shape index (κ3) is 4.86. The van der Waals surface area contributed by atoms with Gasteiger partial charge in [0.25, 0.3) is 0 Å². The van der Waals surface area contributed by atoms with Crippen LogP contribution in [0.2, 0.25) is 0 Å². The van der Waals surface area contributed by atoms with E-state index in [0.717, 1.165) is 25.8 Å². The van der Waals surface area contributed by atoms with Crippen LogP contribution in [0.3, 0.4) is 0 Å². The maximum atomic E-state index is 14.9. The van der Waals surface area contributed by atoms with E-state index in [1.165, 1.54) is 45.0 Å². The molecule has 1 heterocycles. The van der Waals surface area contributed by atoms with Crippen LogP contribution in [-0.4, -0.2) is 34.3 Å². The van der Waals surface area contributed by atoms with E-state index >= 15 is 0 Å². The molecule has 0 fully saturated rings. The summed E-state index contributed by atoms with van der Waals surface area (Å²) < 4.78 is 14.9. The number of hydrogen-bond donors (Lipinski definition) is 0. The third-order valence-electron chi connectivity index (χ3n) is 9.17. The van der Waals surface area contributed by atoms with Crippen LogP contribution in [0.1, 0.15) is 57.5 Å². The van der Waals surface area contributed by atoms with Crippen molar-refractivity contribution < 1.29 is 9.18 Å². The van der Waals surface area contributed by atoms with Crippen LogP contribution in [0.4, 0.5) is 4.39 Å². The number of aryl methyl sites for hydroxylation is 1. The van der Waals surface area contributed by atoms with Crippen LogP contribution < -0.4 is 0 Å². The molecule has 0 unspecified atom stereocenters. The molecule has 0 N–H and O–H groups in total. The lowest BCUT2D eigenvalue weighted by Gasteiger charge is -2.43. The summed E-state index contributed by atoms with van der Waals surface area (Å²) in [6, 6.07) is 30.1. The summed E-state index contributed by atoms with van der Waals surface area (Å²) in [6.45, 7) is 7.45. The number of amides is 1. The SMILES string of the molecule is Cc1cccc([C@@H]2c3ccccc3CCN2[C@@H](C)C(=O)N(Cc2ccccc2F)C2Cc3ccccc3C2)c1C. The fraction of sp³-hybridized carbons (Fsp3) is 0.306. The van der Waals surface area contributed by atoms with Crippen LogP contribution in [0.5, 0.6) is 0 Å². The molecule has 40 heavy (non-hydrogen) atoms. The van der Waals surface area contributed by atoms with E-state index in [1.54, 1.807) is 12.1 Å². The zero-order chi connectivity index (χ0) is 27.8. The zero-order valence-corrected chi connectivity index (χ0v) is 23.6. The number of fused-ring (bicyclic) bond motifs is 2. The van der Waals surface area contributed by atoms with E-state index in [1.807, 2.05) is 17.9 Å². The smallest absolute Gasteiger partial charge is 0.240 e. The number of hydrogen-bond acceptors (Lipinski definition) is 2. The van der Waals surface area contributed by atoms with Gasteiger partial charge in [0.15, 0.2) is 0 Å². The van der Waals surface area contributed by atoms with Gasteiger partial charge in [0.1, 0.15) is 5.82 Å². The lowest BCUT2D eigenvalue weighted by molar-refractivity contribution is -0.140. The molecule has 0 saturated heterocycles. The molecule has 6 rings (SSSR count). The molecular weight excluding hydrogens is 495 g/mol. The number of carbonyl (C=O) groups excluding carboxylic acids is 1. The second-order valence-electron chi connectivity index (χ2n) is 11.4. The molecule has 0 spiro atoms. The van der Waals surface area contributed by atoms with Gasteiger partial charge in [-0.25, -0.2) is 4.39 Å². The molecule has 204 valence electrons. The molecule has 0 radical (unpaired) electrons. The number of halogens is 1. The van der Waals surface area contributed by atoms with Crippen molar-refractivity contribution in [2.24, 2.45) is 0 Å². The highest BCUT2D eigenvalue weighted by Crippen LogP contribution is 2.39. The Morgan fingerprint density at radius 2 is 1.48 bits per heavy atom. The van der Waals surface area contributed by atoms with E-state index in [0.29, 0.717) is 5.56 Å². The first kappa shape index (κ1) is 26.5. The lowest BCUT2D eigenvalue weighted by atomic mass is 9.84. The maximum absolute atomic E-state index is 14.9. The summed E-state index contributed by atoms with van der Waals surface area (Å²) >= 11 is 0. The molecule has 0 bridgehead atoms. The van der Waals surface area contributed by atoms with Crippen molar-refractivity contribution in [3.8, 4) is 0 Å². The van der Waals surface area contributed by atoms with Gasteiger partial charge in [-0.3, -0.25) is 9.69 Å². The number of rotatable bonds is 6. The van der Waals surface area contributed by atoms with Crippen molar-refractivity contribution in [1.82, 2.24) is 9.80 Å². The average Bonchev–Trinajstić information content (AvgIpc) is 3.41. The van der Waals surface area contributed by atoms with E-state index in [4.69, 9.17) is 0 Å². The van der Waals surface area contributed by atoms with Gasteiger partial charge >= 0.3 is 0 Å². The Balaban J connectivity index is 1.37. The Kier molecular flexibility index (Phi) is 7.29. The molecule has 1 aliphatic carbocycles. The first-order valence-electron chi connectivity index (χ1n) is 14.4. The minimum Gasteiger partial charge on any atom is -0.333 e. The molecule has 4 heteroatoms. The van der Waals surface area contributed by atoms with Gasteiger partial charge in [-0.1, -0.05) is 84.9 Å². The molecule has 1 amide bonds. The van der Waals surface area contributed by atoms with Gasteiger partial charge in [-0.2, -0.15) is 0 Å². The second kappa shape index (κ2) is 11.0. The van der Waals surface area contributed by atoms with Crippen LogP contribution >= 0.6 is 0 Å². The van der Waals surface area contributed by atoms with Gasteiger partial charge in [0.2, 0.25) is 5.91 Å². The molecule has 0 saturated carbocycles. The molecule has 3 nitrogen and oxygen atoms in total. The predicted molar refractivity (Wildman–Crippen MR) is 159 cm³/mol. The van der Waals surface area contributed by atoms with E-state index in [9.17, 15) is 9.18 Å². The monoisotopic (exact) mass is 532 g/mol. The lowest BCUT2D eigenvalue weighted by Crippen LogP contribution is -2.53. The number of carbonyl (C=O) groups is 1. The van der Waals surface area contributed by atoms with E-state index in [-0.39, 0.29) is 36.4 Å². The van der Waals surface area contributed by atoms with Gasteiger partial charge in [-0.15, -0.1) is 0 Å². The highest BCUT2D eigenvalue weighted by Gasteiger charge is 2.39. The maximum Gasteiger partial charge on any atom is 0.240 e. The van der Waals surface area contributed by atoms with E-state index < -0.39 is 0 Å². The van der Waals surface area contributed by atoms with Crippen molar-refractivity contribution in [1.29, 1.82) is 0 Å². The Morgan fingerprint density at radius 1 is 0.850 bits per heavy atom. The molecule has 4 aromatic carbocycles. The molecular formula is C36H37FN2O. The predicted octanol–water partition coefficient (Wildman–Crippen LogP) is 6.97. The normalized spacial score (nSPS) is 17.8. The molecule has 0 aromatic heterocycles. The minimum atomic E-state index is -0.367. The van der Waals surface area contributed by atoms with Crippen LogP contribution in [0.15, 0.2) is 91.0 Å². The summed E-state index contributed by atoms with van der Waals surface area (Å²) in [5.41, 5.74) is 9.52. The summed E-state index contributed by atoms with van der Waals surface area (Å²) in [5, 5.41) is 0. The Morgan fingerprint density at radius 3 is 2.20 bits per heavy atom. The molecule has 1 aliphatic heterocycles. The third-order valence-corrected chi connectivity index (χ3v) is 9.17. The largest absolute Gasteiger partial charge is 0.333 e. The van der Waals surface area contributed by atoms with Crippen LogP contribution in [-0.2, 0) is 30.6 Å². The average molecular weight is 533 g/mol. The number of benzene rings is 4. The van der Waals surface area contributed by atoms with Crippen LogP contribution in [0, 0.1) is 19.7 Å². The summed E-state index contributed by atoms with van der Waals surface area (Å²) in [7, 11) is 0. The highest BCUT2D eigenvalue weighted by molar-refractivity contribution is 5.82. The summed E-state index contributed by atoms with van der Waals surface area (Å²) in [5.74, 6) is -0.195. The molecule has 2 atom stereocenters. The van der Waals surface area contributed by atoms with Crippen LogP contribution in [0.25, 0.3) is 0 Å². The van der Waals surface area contributed by atoms with Crippen molar-refractivity contribution in [2.75, 3.05) is 6.54 Å². The zero-order valence-electron chi connectivity index (χ0n) is 23.6. The number of nitrogens with zero attached hydrogens (tertiary/aromatic N) is 2. The summed E-state index contributed by atoms with van der Waals surface area (Å²) in [4.78, 5) is 18.9. The quantitative estimate of drug-likeness (QED) is 0.268. The Hall–Kier alpha value is -3.76. The standard InChI is InChI=1S/C36H37FN2O/c1-24-11-10-17-32(25(24)2)35-33-16-8-6-12-27(33)19-20-38(35)26(3)36(40)39(23-30-15-7-9-18-34(30)37)31-21-28-13-4-5-14-29(28)22-31/h4-18,26,31,35H,19-23H2,1-3H3/t26-,35+/m0/s1. The van der Waals surface area contributed by atoms with Gasteiger partial charge < -0.3 is 4.90 Å². The first-order valence-corrected chi connectivity index (χ1v) is 14.4. The minimum absolute atomic E-state index is 0.00295. The van der Waals surface area contributed by atoms with Crippen molar-refractivity contribution in [3.63, 3.8) is 0 Å². The van der Waals surface area contributed by atoms with Gasteiger partial charge in [0, 0.05) is 24.7 Å². The summed E-state index contributed by atoms with van der Waals surface area (Å²) in [6.07, 6.45) is 2.50. The fourth-order valence-electron chi connectivity index (χ4n) is 6.75. The second-order valence-corrected chi connectivity index (χ2v) is 11.4. The topological polar surface area (TPSA) is 23.6 Å². The molecule has 2 aliphatic rings. The Bertz CT molecular complexity index is 1520. The fourth-order valence-corrected chi connectivity index (χ4v) is 6.75. The van der Waals surface area contributed by atoms with Gasteiger partial charge in [0.05, 0.1) is 12.1 Å². The van der Waals surface area contributed by atoms with Crippen molar-refractivity contribution >= 4 is 5.91 Å². The van der Waals surface area contributed by atoms with E-state index in [2.05, 4.69) is 85.5 Å².